The van der Waals surface area contributed by atoms with Gasteiger partial charge in [0.2, 0.25) is 0 Å². The van der Waals surface area contributed by atoms with Crippen LogP contribution in [0.5, 0.6) is 5.75 Å². The van der Waals surface area contributed by atoms with Crippen LogP contribution in [0.2, 0.25) is 0 Å². The highest BCUT2D eigenvalue weighted by Crippen LogP contribution is 2.30. The minimum atomic E-state index is 0.460. The molecule has 2 unspecified atom stereocenters. The molecule has 0 aliphatic carbocycles. The van der Waals surface area contributed by atoms with Crippen molar-refractivity contribution in [2.24, 2.45) is 0 Å². The summed E-state index contributed by atoms with van der Waals surface area (Å²) in [6, 6.07) is 7.16. The van der Waals surface area contributed by atoms with E-state index in [4.69, 9.17) is 9.47 Å². The van der Waals surface area contributed by atoms with E-state index in [9.17, 15) is 0 Å². The van der Waals surface area contributed by atoms with Gasteiger partial charge in [0.05, 0.1) is 12.7 Å². The van der Waals surface area contributed by atoms with E-state index in [0.717, 1.165) is 31.9 Å². The molecule has 1 aromatic carbocycles. The highest BCUT2D eigenvalue weighted by molar-refractivity contribution is 5.40. The van der Waals surface area contributed by atoms with Crippen molar-refractivity contribution in [3.05, 3.63) is 29.3 Å². The molecule has 0 saturated carbocycles. The molecule has 1 N–H and O–H groups in total. The van der Waals surface area contributed by atoms with Crippen molar-refractivity contribution in [1.82, 2.24) is 5.32 Å². The van der Waals surface area contributed by atoms with Gasteiger partial charge in [0.15, 0.2) is 0 Å². The van der Waals surface area contributed by atoms with Crippen molar-refractivity contribution in [2.75, 3.05) is 19.8 Å². The third-order valence-electron chi connectivity index (χ3n) is 4.61. The quantitative estimate of drug-likeness (QED) is 0.831. The Morgan fingerprint density at radius 1 is 1.33 bits per heavy atom. The third kappa shape index (κ3) is 3.78. The average molecular weight is 289 g/mol. The van der Waals surface area contributed by atoms with Crippen molar-refractivity contribution >= 4 is 0 Å². The zero-order valence-corrected chi connectivity index (χ0v) is 13.1. The molecule has 3 heteroatoms. The predicted octanol–water partition coefficient (Wildman–Crippen LogP) is 3.62. The normalized spacial score (nSPS) is 22.0. The van der Waals surface area contributed by atoms with E-state index in [-0.39, 0.29) is 0 Å². The highest BCUT2D eigenvalue weighted by atomic mass is 16.5. The molecule has 0 amide bonds. The smallest absolute Gasteiger partial charge is 0.122 e. The lowest BCUT2D eigenvalue weighted by atomic mass is 9.97. The van der Waals surface area contributed by atoms with Gasteiger partial charge in [0.1, 0.15) is 5.75 Å². The number of ether oxygens (including phenoxy) is 2. The van der Waals surface area contributed by atoms with E-state index in [0.29, 0.717) is 12.1 Å². The predicted molar refractivity (Wildman–Crippen MR) is 84.9 cm³/mol. The van der Waals surface area contributed by atoms with Crippen LogP contribution in [-0.4, -0.2) is 25.9 Å². The summed E-state index contributed by atoms with van der Waals surface area (Å²) in [5, 5.41) is 3.63. The second-order valence-corrected chi connectivity index (χ2v) is 6.14. The Bertz CT molecular complexity index is 455. The van der Waals surface area contributed by atoms with Crippen LogP contribution in [0, 0.1) is 0 Å². The van der Waals surface area contributed by atoms with Gasteiger partial charge in [-0.1, -0.05) is 19.1 Å². The molecule has 2 aliphatic rings. The molecule has 2 atom stereocenters. The summed E-state index contributed by atoms with van der Waals surface area (Å²) >= 11 is 0. The Balaban J connectivity index is 1.57. The van der Waals surface area contributed by atoms with Gasteiger partial charge in [0, 0.05) is 19.1 Å². The van der Waals surface area contributed by atoms with Crippen LogP contribution in [0.15, 0.2) is 18.2 Å². The zero-order valence-electron chi connectivity index (χ0n) is 13.1. The van der Waals surface area contributed by atoms with Crippen molar-refractivity contribution in [1.29, 1.82) is 0 Å². The fraction of sp³-hybridized carbons (Fsp3) is 0.667. The van der Waals surface area contributed by atoms with Crippen molar-refractivity contribution in [2.45, 2.75) is 57.6 Å². The Morgan fingerprint density at radius 3 is 3.10 bits per heavy atom. The zero-order chi connectivity index (χ0) is 14.5. The first-order chi connectivity index (χ1) is 10.4. The molecule has 1 saturated heterocycles. The summed E-state index contributed by atoms with van der Waals surface area (Å²) in [7, 11) is 0. The third-order valence-corrected chi connectivity index (χ3v) is 4.61. The second-order valence-electron chi connectivity index (χ2n) is 6.14. The molecule has 21 heavy (non-hydrogen) atoms. The standard InChI is InChI=1S/C18H27NO2/c1-2-19-17(7-3-5-16-6-4-11-20-16)14-8-9-18-15(13-14)10-12-21-18/h8-9,13,16-17,19H,2-7,10-12H2,1H3. The molecular formula is C18H27NO2. The van der Waals surface area contributed by atoms with Gasteiger partial charge in [-0.15, -0.1) is 0 Å². The largest absolute Gasteiger partial charge is 0.493 e. The van der Waals surface area contributed by atoms with E-state index in [1.807, 2.05) is 0 Å². The molecule has 0 aromatic heterocycles. The van der Waals surface area contributed by atoms with Crippen LogP contribution >= 0.6 is 0 Å². The van der Waals surface area contributed by atoms with E-state index in [1.54, 1.807) is 0 Å². The van der Waals surface area contributed by atoms with Gasteiger partial charge in [-0.3, -0.25) is 0 Å². The first-order valence-electron chi connectivity index (χ1n) is 8.47. The van der Waals surface area contributed by atoms with Crippen molar-refractivity contribution in [3.8, 4) is 5.75 Å². The molecule has 0 radical (unpaired) electrons. The van der Waals surface area contributed by atoms with E-state index in [1.165, 1.54) is 43.2 Å². The van der Waals surface area contributed by atoms with Crippen molar-refractivity contribution in [3.63, 3.8) is 0 Å². The number of fused-ring (bicyclic) bond motifs is 1. The van der Waals surface area contributed by atoms with Gasteiger partial charge in [-0.25, -0.2) is 0 Å². The number of nitrogens with one attached hydrogen (secondary N) is 1. The number of hydrogen-bond acceptors (Lipinski definition) is 3. The fourth-order valence-electron chi connectivity index (χ4n) is 3.48. The van der Waals surface area contributed by atoms with Crippen LogP contribution < -0.4 is 10.1 Å². The molecular weight excluding hydrogens is 262 g/mol. The summed E-state index contributed by atoms with van der Waals surface area (Å²) in [5.41, 5.74) is 2.78. The lowest BCUT2D eigenvalue weighted by Crippen LogP contribution is -2.21. The summed E-state index contributed by atoms with van der Waals surface area (Å²) in [6.07, 6.45) is 7.69. The summed E-state index contributed by atoms with van der Waals surface area (Å²) in [5.74, 6) is 1.08. The van der Waals surface area contributed by atoms with Gasteiger partial charge in [-0.2, -0.15) is 0 Å². The first kappa shape index (κ1) is 14.9. The van der Waals surface area contributed by atoms with Crippen molar-refractivity contribution < 1.29 is 9.47 Å². The van der Waals surface area contributed by atoms with Gasteiger partial charge in [-0.05, 0) is 55.8 Å². The SMILES string of the molecule is CCNC(CCCC1CCCO1)c1ccc2c(c1)CCO2. The van der Waals surface area contributed by atoms with Gasteiger partial charge >= 0.3 is 0 Å². The minimum Gasteiger partial charge on any atom is -0.493 e. The molecule has 3 rings (SSSR count). The maximum atomic E-state index is 5.72. The van der Waals surface area contributed by atoms with E-state index >= 15 is 0 Å². The molecule has 2 aliphatic heterocycles. The van der Waals surface area contributed by atoms with E-state index in [2.05, 4.69) is 30.4 Å². The number of hydrogen-bond donors (Lipinski definition) is 1. The van der Waals surface area contributed by atoms with Gasteiger partial charge in [0.25, 0.3) is 0 Å². The molecule has 1 aromatic rings. The second kappa shape index (κ2) is 7.28. The molecule has 2 heterocycles. The number of benzene rings is 1. The molecule has 0 bridgehead atoms. The van der Waals surface area contributed by atoms with Crippen LogP contribution in [0.25, 0.3) is 0 Å². The van der Waals surface area contributed by atoms with E-state index < -0.39 is 0 Å². The Hall–Kier alpha value is -1.06. The topological polar surface area (TPSA) is 30.5 Å². The lowest BCUT2D eigenvalue weighted by Gasteiger charge is -2.20. The molecule has 1 fully saturated rings. The maximum absolute atomic E-state index is 5.72. The Labute approximate surface area is 128 Å². The van der Waals surface area contributed by atoms with Crippen LogP contribution in [0.3, 0.4) is 0 Å². The maximum Gasteiger partial charge on any atom is 0.122 e. The molecule has 3 nitrogen and oxygen atoms in total. The Kier molecular flexibility index (Phi) is 5.15. The first-order valence-corrected chi connectivity index (χ1v) is 8.47. The van der Waals surface area contributed by atoms with Crippen LogP contribution in [-0.2, 0) is 11.2 Å². The molecule has 0 spiro atoms. The number of rotatable bonds is 7. The van der Waals surface area contributed by atoms with Gasteiger partial charge < -0.3 is 14.8 Å². The minimum absolute atomic E-state index is 0.460. The average Bonchev–Trinajstić information content (AvgIpc) is 3.16. The fourth-order valence-corrected chi connectivity index (χ4v) is 3.48. The lowest BCUT2D eigenvalue weighted by molar-refractivity contribution is 0.101. The van der Waals surface area contributed by atoms with Crippen LogP contribution in [0.4, 0.5) is 0 Å². The molecule has 116 valence electrons. The Morgan fingerprint density at radius 2 is 2.29 bits per heavy atom. The summed E-state index contributed by atoms with van der Waals surface area (Å²) < 4.78 is 11.3. The monoisotopic (exact) mass is 289 g/mol. The highest BCUT2D eigenvalue weighted by Gasteiger charge is 2.18. The summed E-state index contributed by atoms with van der Waals surface area (Å²) in [6.45, 7) is 5.00. The van der Waals surface area contributed by atoms with Crippen LogP contribution in [0.1, 0.15) is 56.2 Å². The summed E-state index contributed by atoms with van der Waals surface area (Å²) in [4.78, 5) is 0.